The van der Waals surface area contributed by atoms with Crippen LogP contribution in [-0.2, 0) is 4.79 Å². The molecule has 0 aromatic rings. The molecule has 112 valence electrons. The van der Waals surface area contributed by atoms with Gasteiger partial charge in [-0.1, -0.05) is 20.8 Å². The van der Waals surface area contributed by atoms with E-state index in [1.165, 1.54) is 0 Å². The van der Waals surface area contributed by atoms with Crippen molar-refractivity contribution in [2.24, 2.45) is 11.1 Å². The van der Waals surface area contributed by atoms with Crippen molar-refractivity contribution in [2.45, 2.75) is 52.1 Å². The van der Waals surface area contributed by atoms with Crippen molar-refractivity contribution in [1.82, 2.24) is 10.2 Å². The van der Waals surface area contributed by atoms with Crippen molar-refractivity contribution >= 4 is 5.91 Å². The second kappa shape index (κ2) is 7.22. The highest BCUT2D eigenvalue weighted by molar-refractivity contribution is 5.78. The number of aliphatic hydroxyl groups is 1. The fourth-order valence-corrected chi connectivity index (χ4v) is 2.40. The predicted molar refractivity (Wildman–Crippen MR) is 76.7 cm³/mol. The maximum Gasteiger partial charge on any atom is 0.234 e. The average molecular weight is 271 g/mol. The molecule has 0 aromatic heterocycles. The summed E-state index contributed by atoms with van der Waals surface area (Å²) in [5.74, 6) is 0.0452. The molecule has 1 heterocycles. The predicted octanol–water partition coefficient (Wildman–Crippen LogP) is 0.323. The summed E-state index contributed by atoms with van der Waals surface area (Å²) in [6, 6.07) is 0.299. The first-order chi connectivity index (χ1) is 8.82. The minimum atomic E-state index is -0.0390. The Morgan fingerprint density at radius 1 is 1.42 bits per heavy atom. The molecule has 0 bridgehead atoms. The first kappa shape index (κ1) is 16.4. The zero-order valence-electron chi connectivity index (χ0n) is 12.5. The third kappa shape index (κ3) is 5.89. The lowest BCUT2D eigenvalue weighted by Gasteiger charge is -2.33. The number of carbonyl (C=O) groups is 1. The Labute approximate surface area is 116 Å². The molecule has 1 fully saturated rings. The highest BCUT2D eigenvalue weighted by Crippen LogP contribution is 2.21. The number of rotatable bonds is 5. The van der Waals surface area contributed by atoms with E-state index < -0.39 is 0 Å². The number of hydrogen-bond acceptors (Lipinski definition) is 4. The third-order valence-corrected chi connectivity index (χ3v) is 3.80. The van der Waals surface area contributed by atoms with Gasteiger partial charge in [-0.3, -0.25) is 9.69 Å². The van der Waals surface area contributed by atoms with E-state index >= 15 is 0 Å². The zero-order valence-corrected chi connectivity index (χ0v) is 12.5. The molecule has 5 heteroatoms. The molecule has 5 nitrogen and oxygen atoms in total. The van der Waals surface area contributed by atoms with Gasteiger partial charge in [0.15, 0.2) is 0 Å². The lowest BCUT2D eigenvalue weighted by molar-refractivity contribution is -0.124. The van der Waals surface area contributed by atoms with Crippen molar-refractivity contribution in [2.75, 3.05) is 26.2 Å². The molecule has 19 heavy (non-hydrogen) atoms. The summed E-state index contributed by atoms with van der Waals surface area (Å²) in [6.45, 7) is 8.56. The minimum absolute atomic E-state index is 0.0112. The molecule has 1 saturated heterocycles. The molecule has 1 aliphatic rings. The normalized spacial score (nSPS) is 20.3. The fraction of sp³-hybridized carbons (Fsp3) is 0.929. The van der Waals surface area contributed by atoms with E-state index in [-0.39, 0.29) is 30.0 Å². The Hall–Kier alpha value is -0.650. The van der Waals surface area contributed by atoms with Gasteiger partial charge in [0.1, 0.15) is 0 Å². The SMILES string of the molecule is CC(C)(C)C(CCO)NC(=O)CN1CCC(N)CC1. The first-order valence-corrected chi connectivity index (χ1v) is 7.21. The molecule has 0 radical (unpaired) electrons. The van der Waals surface area contributed by atoms with Crippen molar-refractivity contribution in [3.05, 3.63) is 0 Å². The molecule has 0 aliphatic carbocycles. The number of nitrogens with zero attached hydrogens (tertiary/aromatic N) is 1. The smallest absolute Gasteiger partial charge is 0.234 e. The van der Waals surface area contributed by atoms with Gasteiger partial charge in [-0.15, -0.1) is 0 Å². The number of nitrogens with two attached hydrogens (primary N) is 1. The number of amides is 1. The number of likely N-dealkylation sites (tertiary alicyclic amines) is 1. The van der Waals surface area contributed by atoms with Crippen molar-refractivity contribution < 1.29 is 9.90 Å². The van der Waals surface area contributed by atoms with E-state index in [4.69, 9.17) is 10.8 Å². The summed E-state index contributed by atoms with van der Waals surface area (Å²) in [6.07, 6.45) is 2.53. The quantitative estimate of drug-likeness (QED) is 0.673. The number of nitrogens with one attached hydrogen (secondary N) is 1. The number of aliphatic hydroxyl groups excluding tert-OH is 1. The third-order valence-electron chi connectivity index (χ3n) is 3.80. The van der Waals surface area contributed by atoms with Gasteiger partial charge >= 0.3 is 0 Å². The maximum atomic E-state index is 12.1. The second-order valence-corrected chi connectivity index (χ2v) is 6.61. The Morgan fingerprint density at radius 2 is 2.00 bits per heavy atom. The Morgan fingerprint density at radius 3 is 2.47 bits per heavy atom. The Bertz CT molecular complexity index is 281. The van der Waals surface area contributed by atoms with Crippen LogP contribution in [0.15, 0.2) is 0 Å². The summed E-state index contributed by atoms with van der Waals surface area (Å²) in [5, 5.41) is 12.1. The van der Waals surface area contributed by atoms with Crippen LogP contribution in [0, 0.1) is 5.41 Å². The van der Waals surface area contributed by atoms with Crippen LogP contribution in [0.1, 0.15) is 40.0 Å². The Kier molecular flexibility index (Phi) is 6.23. The van der Waals surface area contributed by atoms with Crippen LogP contribution in [0.4, 0.5) is 0 Å². The number of piperidine rings is 1. The molecule has 1 amide bonds. The van der Waals surface area contributed by atoms with Crippen LogP contribution in [0.2, 0.25) is 0 Å². The average Bonchev–Trinajstić information content (AvgIpc) is 2.30. The van der Waals surface area contributed by atoms with E-state index in [9.17, 15) is 4.79 Å². The molecule has 1 rings (SSSR count). The largest absolute Gasteiger partial charge is 0.396 e. The van der Waals surface area contributed by atoms with Gasteiger partial charge in [-0.2, -0.15) is 0 Å². The molecule has 4 N–H and O–H groups in total. The van der Waals surface area contributed by atoms with Gasteiger partial charge in [-0.05, 0) is 24.7 Å². The Balaban J connectivity index is 2.40. The molecule has 0 spiro atoms. The van der Waals surface area contributed by atoms with Gasteiger partial charge in [0.2, 0.25) is 5.91 Å². The van der Waals surface area contributed by atoms with Crippen LogP contribution in [0.25, 0.3) is 0 Å². The topological polar surface area (TPSA) is 78.6 Å². The monoisotopic (exact) mass is 271 g/mol. The van der Waals surface area contributed by atoms with Gasteiger partial charge in [0, 0.05) is 31.8 Å². The van der Waals surface area contributed by atoms with E-state index in [2.05, 4.69) is 31.0 Å². The van der Waals surface area contributed by atoms with Gasteiger partial charge in [0.25, 0.3) is 0 Å². The molecule has 1 atom stereocenters. The van der Waals surface area contributed by atoms with E-state index in [1.54, 1.807) is 0 Å². The van der Waals surface area contributed by atoms with Crippen LogP contribution in [0.5, 0.6) is 0 Å². The molecule has 0 aromatic carbocycles. The van der Waals surface area contributed by atoms with Crippen LogP contribution in [0.3, 0.4) is 0 Å². The van der Waals surface area contributed by atoms with E-state index in [1.807, 2.05) is 0 Å². The number of carbonyl (C=O) groups excluding carboxylic acids is 1. The van der Waals surface area contributed by atoms with Gasteiger partial charge in [0.05, 0.1) is 6.54 Å². The van der Waals surface area contributed by atoms with Crippen molar-refractivity contribution in [3.8, 4) is 0 Å². The summed E-state index contributed by atoms with van der Waals surface area (Å²) < 4.78 is 0. The van der Waals surface area contributed by atoms with Crippen LogP contribution in [-0.4, -0.2) is 54.2 Å². The lowest BCUT2D eigenvalue weighted by atomic mass is 9.85. The molecular weight excluding hydrogens is 242 g/mol. The fourth-order valence-electron chi connectivity index (χ4n) is 2.40. The maximum absolute atomic E-state index is 12.1. The van der Waals surface area contributed by atoms with Crippen LogP contribution >= 0.6 is 0 Å². The lowest BCUT2D eigenvalue weighted by Crippen LogP contribution is -2.49. The van der Waals surface area contributed by atoms with Gasteiger partial charge < -0.3 is 16.2 Å². The summed E-state index contributed by atoms with van der Waals surface area (Å²) in [5.41, 5.74) is 5.81. The van der Waals surface area contributed by atoms with Crippen molar-refractivity contribution in [1.29, 1.82) is 0 Å². The molecule has 1 unspecified atom stereocenters. The molecule has 0 saturated carbocycles. The minimum Gasteiger partial charge on any atom is -0.396 e. The number of hydrogen-bond donors (Lipinski definition) is 3. The van der Waals surface area contributed by atoms with E-state index in [0.717, 1.165) is 25.9 Å². The van der Waals surface area contributed by atoms with Crippen LogP contribution < -0.4 is 11.1 Å². The van der Waals surface area contributed by atoms with E-state index in [0.29, 0.717) is 13.0 Å². The highest BCUT2D eigenvalue weighted by Gasteiger charge is 2.26. The second-order valence-electron chi connectivity index (χ2n) is 6.61. The standard InChI is InChI=1S/C14H29N3O2/c1-14(2,3)12(6-9-18)16-13(19)10-17-7-4-11(15)5-8-17/h11-12,18H,4-10,15H2,1-3H3,(H,16,19). The summed E-state index contributed by atoms with van der Waals surface area (Å²) in [7, 11) is 0. The zero-order chi connectivity index (χ0) is 14.5. The highest BCUT2D eigenvalue weighted by atomic mass is 16.3. The van der Waals surface area contributed by atoms with Gasteiger partial charge in [-0.25, -0.2) is 0 Å². The molecular formula is C14H29N3O2. The van der Waals surface area contributed by atoms with Crippen molar-refractivity contribution in [3.63, 3.8) is 0 Å². The summed E-state index contributed by atoms with van der Waals surface area (Å²) >= 11 is 0. The first-order valence-electron chi connectivity index (χ1n) is 7.21. The summed E-state index contributed by atoms with van der Waals surface area (Å²) in [4.78, 5) is 14.2. The molecule has 1 aliphatic heterocycles.